The van der Waals surface area contributed by atoms with Gasteiger partial charge in [0.05, 0.1) is 26.8 Å². The molecule has 2 atom stereocenters. The lowest BCUT2D eigenvalue weighted by Crippen LogP contribution is -3.00. The second kappa shape index (κ2) is 9.54. The molecule has 0 aromatic heterocycles. The van der Waals surface area contributed by atoms with Crippen LogP contribution < -0.4 is 24.0 Å². The Morgan fingerprint density at radius 1 is 1.06 bits per heavy atom. The first-order chi connectivity index (χ1) is 8.06. The van der Waals surface area contributed by atoms with Gasteiger partial charge in [0.15, 0.2) is 0 Å². The highest BCUT2D eigenvalue weighted by molar-refractivity contribution is 4.58. The Bertz CT molecular complexity index is 205. The minimum absolute atomic E-state index is 0. The standard InChI is InChI=1S/C15H32NO.HI/c1-5-14(2)7-6-8-15(3)13-16(4)9-11-17-12-10-16;/h14-15H,5-13H2,1-4H3;1H/q+1;/p-1. The summed E-state index contributed by atoms with van der Waals surface area (Å²) in [7, 11) is 2.40. The molecule has 2 unspecified atom stereocenters. The number of likely N-dealkylation sites (N-methyl/N-ethyl adjacent to an activating group) is 1. The van der Waals surface area contributed by atoms with Crippen LogP contribution in [0.2, 0.25) is 0 Å². The topological polar surface area (TPSA) is 9.23 Å². The lowest BCUT2D eigenvalue weighted by atomic mass is 9.96. The molecule has 2 nitrogen and oxygen atoms in total. The Kier molecular flexibility index (Phi) is 9.88. The number of quaternary nitrogens is 1. The summed E-state index contributed by atoms with van der Waals surface area (Å²) >= 11 is 0. The van der Waals surface area contributed by atoms with E-state index in [2.05, 4.69) is 27.8 Å². The van der Waals surface area contributed by atoms with Crippen LogP contribution in [0.5, 0.6) is 0 Å². The molecule has 0 amide bonds. The number of rotatable bonds is 7. The molecule has 1 aliphatic heterocycles. The molecule has 0 saturated carbocycles. The third-order valence-corrected chi connectivity index (χ3v) is 4.39. The zero-order chi connectivity index (χ0) is 12.7. The third-order valence-electron chi connectivity index (χ3n) is 4.39. The first kappa shape index (κ1) is 18.7. The van der Waals surface area contributed by atoms with E-state index in [-0.39, 0.29) is 24.0 Å². The Morgan fingerprint density at radius 2 is 1.61 bits per heavy atom. The molecular weight excluding hydrogens is 337 g/mol. The zero-order valence-corrected chi connectivity index (χ0v) is 14.9. The van der Waals surface area contributed by atoms with Crippen LogP contribution in [0.4, 0.5) is 0 Å². The van der Waals surface area contributed by atoms with Crippen LogP contribution in [0.25, 0.3) is 0 Å². The first-order valence-electron chi connectivity index (χ1n) is 7.47. The summed E-state index contributed by atoms with van der Waals surface area (Å²) in [5.74, 6) is 1.78. The van der Waals surface area contributed by atoms with Crippen molar-refractivity contribution in [1.29, 1.82) is 0 Å². The molecule has 0 aliphatic carbocycles. The summed E-state index contributed by atoms with van der Waals surface area (Å²) in [6.45, 7) is 12.8. The van der Waals surface area contributed by atoms with Crippen LogP contribution in [0, 0.1) is 11.8 Å². The SMILES string of the molecule is CCC(C)CCCC(C)C[N+]1(C)CCOCC1.[I-]. The van der Waals surface area contributed by atoms with Gasteiger partial charge in [-0.2, -0.15) is 0 Å². The van der Waals surface area contributed by atoms with Gasteiger partial charge in [0.25, 0.3) is 0 Å². The average molecular weight is 369 g/mol. The number of halogens is 1. The van der Waals surface area contributed by atoms with Crippen molar-refractivity contribution in [2.24, 2.45) is 11.8 Å². The van der Waals surface area contributed by atoms with E-state index in [1.54, 1.807) is 0 Å². The quantitative estimate of drug-likeness (QED) is 0.464. The van der Waals surface area contributed by atoms with Gasteiger partial charge in [0.2, 0.25) is 0 Å². The smallest absolute Gasteiger partial charge is 0.102 e. The molecule has 1 fully saturated rings. The van der Waals surface area contributed by atoms with Crippen molar-refractivity contribution < 1.29 is 33.2 Å². The van der Waals surface area contributed by atoms with E-state index in [0.29, 0.717) is 0 Å². The van der Waals surface area contributed by atoms with Gasteiger partial charge in [0.1, 0.15) is 13.1 Å². The summed E-state index contributed by atoms with van der Waals surface area (Å²) in [6, 6.07) is 0. The van der Waals surface area contributed by atoms with Crippen molar-refractivity contribution in [2.45, 2.75) is 46.5 Å². The Balaban J connectivity index is 0.00000289. The summed E-state index contributed by atoms with van der Waals surface area (Å²) in [6.07, 6.45) is 5.55. The van der Waals surface area contributed by atoms with Crippen LogP contribution >= 0.6 is 0 Å². The Labute approximate surface area is 131 Å². The highest BCUT2D eigenvalue weighted by Gasteiger charge is 2.27. The van der Waals surface area contributed by atoms with Crippen LogP contribution in [0.1, 0.15) is 46.5 Å². The molecule has 1 saturated heterocycles. The van der Waals surface area contributed by atoms with E-state index in [1.807, 2.05) is 0 Å². The molecule has 0 radical (unpaired) electrons. The summed E-state index contributed by atoms with van der Waals surface area (Å²) in [4.78, 5) is 0. The van der Waals surface area contributed by atoms with Crippen LogP contribution in [-0.2, 0) is 4.74 Å². The predicted octanol–water partition coefficient (Wildman–Crippen LogP) is 0.320. The van der Waals surface area contributed by atoms with Gasteiger partial charge in [0, 0.05) is 5.92 Å². The molecule has 0 bridgehead atoms. The molecular formula is C15H32INO. The van der Waals surface area contributed by atoms with Crippen molar-refractivity contribution in [2.75, 3.05) is 39.9 Å². The second-order valence-electron chi connectivity index (χ2n) is 6.41. The van der Waals surface area contributed by atoms with Crippen LogP contribution in [0.3, 0.4) is 0 Å². The van der Waals surface area contributed by atoms with Gasteiger partial charge in [-0.05, 0) is 12.3 Å². The van der Waals surface area contributed by atoms with E-state index < -0.39 is 0 Å². The van der Waals surface area contributed by atoms with Gasteiger partial charge in [-0.15, -0.1) is 0 Å². The molecule has 1 heterocycles. The highest BCUT2D eigenvalue weighted by Crippen LogP contribution is 2.18. The second-order valence-corrected chi connectivity index (χ2v) is 6.41. The Morgan fingerprint density at radius 3 is 2.17 bits per heavy atom. The number of nitrogens with zero attached hydrogens (tertiary/aromatic N) is 1. The van der Waals surface area contributed by atoms with Gasteiger partial charge >= 0.3 is 0 Å². The molecule has 18 heavy (non-hydrogen) atoms. The fourth-order valence-corrected chi connectivity index (χ4v) is 2.83. The molecule has 110 valence electrons. The van der Waals surface area contributed by atoms with Crippen LogP contribution in [0.15, 0.2) is 0 Å². The summed E-state index contributed by atoms with van der Waals surface area (Å²) < 4.78 is 6.68. The van der Waals surface area contributed by atoms with Crippen molar-refractivity contribution in [3.8, 4) is 0 Å². The molecule has 3 heteroatoms. The van der Waals surface area contributed by atoms with E-state index in [4.69, 9.17) is 4.74 Å². The zero-order valence-electron chi connectivity index (χ0n) is 12.8. The van der Waals surface area contributed by atoms with Crippen molar-refractivity contribution in [3.05, 3.63) is 0 Å². The first-order valence-corrected chi connectivity index (χ1v) is 7.47. The maximum absolute atomic E-state index is 5.46. The molecule has 0 aromatic carbocycles. The number of hydrogen-bond acceptors (Lipinski definition) is 1. The van der Waals surface area contributed by atoms with Crippen molar-refractivity contribution in [1.82, 2.24) is 0 Å². The number of ether oxygens (including phenoxy) is 1. The van der Waals surface area contributed by atoms with Gasteiger partial charge in [-0.25, -0.2) is 0 Å². The minimum Gasteiger partial charge on any atom is -1.00 e. The summed E-state index contributed by atoms with van der Waals surface area (Å²) in [5.41, 5.74) is 0. The number of morpholine rings is 1. The van der Waals surface area contributed by atoms with Crippen molar-refractivity contribution in [3.63, 3.8) is 0 Å². The molecule has 0 aromatic rings. The van der Waals surface area contributed by atoms with Crippen molar-refractivity contribution >= 4 is 0 Å². The Hall–Kier alpha value is 0.650. The molecule has 1 aliphatic rings. The summed E-state index contributed by atoms with van der Waals surface area (Å²) in [5, 5.41) is 0. The fourth-order valence-electron chi connectivity index (χ4n) is 2.83. The average Bonchev–Trinajstić information content (AvgIpc) is 2.29. The van der Waals surface area contributed by atoms with E-state index in [9.17, 15) is 0 Å². The normalized spacial score (nSPS) is 22.0. The predicted molar refractivity (Wildman–Crippen MR) is 74.1 cm³/mol. The van der Waals surface area contributed by atoms with E-state index in [0.717, 1.165) is 25.0 Å². The largest absolute Gasteiger partial charge is 1.00 e. The minimum atomic E-state index is 0. The van der Waals surface area contributed by atoms with Gasteiger partial charge < -0.3 is 33.2 Å². The van der Waals surface area contributed by atoms with Gasteiger partial charge in [-0.3, -0.25) is 0 Å². The van der Waals surface area contributed by atoms with Gasteiger partial charge in [-0.1, -0.05) is 40.0 Å². The molecule has 0 N–H and O–H groups in total. The van der Waals surface area contributed by atoms with E-state index >= 15 is 0 Å². The number of hydrogen-bond donors (Lipinski definition) is 0. The fraction of sp³-hybridized carbons (Fsp3) is 1.00. The molecule has 1 rings (SSSR count). The highest BCUT2D eigenvalue weighted by atomic mass is 127. The van der Waals surface area contributed by atoms with E-state index in [1.165, 1.54) is 49.8 Å². The maximum Gasteiger partial charge on any atom is 0.102 e. The third kappa shape index (κ3) is 7.29. The lowest BCUT2D eigenvalue weighted by molar-refractivity contribution is -0.919. The van der Waals surface area contributed by atoms with Crippen LogP contribution in [-0.4, -0.2) is 44.4 Å². The maximum atomic E-state index is 5.46. The lowest BCUT2D eigenvalue weighted by Gasteiger charge is -2.39. The molecule has 0 spiro atoms. The monoisotopic (exact) mass is 369 g/mol.